The lowest BCUT2D eigenvalue weighted by molar-refractivity contribution is -0.156. The van der Waals surface area contributed by atoms with Gasteiger partial charge in [-0.2, -0.15) is 0 Å². The smallest absolute Gasteiger partial charge is 0.344 e. The van der Waals surface area contributed by atoms with Crippen LogP contribution in [0, 0.1) is 13.8 Å². The minimum absolute atomic E-state index is 0.197. The van der Waals surface area contributed by atoms with E-state index in [1.807, 2.05) is 32.0 Å². The summed E-state index contributed by atoms with van der Waals surface area (Å²) < 4.78 is 21.1. The van der Waals surface area contributed by atoms with Crippen LogP contribution < -0.4 is 19.5 Å². The molecule has 1 aliphatic rings. The third-order valence-electron chi connectivity index (χ3n) is 4.42. The van der Waals surface area contributed by atoms with Crippen molar-refractivity contribution in [3.63, 3.8) is 0 Å². The summed E-state index contributed by atoms with van der Waals surface area (Å²) in [5.41, 5.74) is 3.07. The lowest BCUT2D eigenvalue weighted by Gasteiger charge is -2.14. The molecule has 1 atom stereocenters. The van der Waals surface area contributed by atoms with Crippen molar-refractivity contribution in [1.29, 1.82) is 0 Å². The van der Waals surface area contributed by atoms with Gasteiger partial charge in [-0.1, -0.05) is 12.1 Å². The fourth-order valence-electron chi connectivity index (χ4n) is 2.61. The summed E-state index contributed by atoms with van der Waals surface area (Å²) in [5.74, 6) is 0.914. The Bertz CT molecular complexity index is 879. The molecule has 0 aliphatic carbocycles. The van der Waals surface area contributed by atoms with Crippen molar-refractivity contribution >= 4 is 11.9 Å². The van der Waals surface area contributed by atoms with Crippen molar-refractivity contribution in [3.8, 4) is 17.2 Å². The second-order valence-electron chi connectivity index (χ2n) is 6.57. The van der Waals surface area contributed by atoms with Crippen molar-refractivity contribution in [1.82, 2.24) is 5.32 Å². The molecule has 0 saturated carbocycles. The highest BCUT2D eigenvalue weighted by Gasteiger charge is 2.19. The molecule has 0 radical (unpaired) electrons. The SMILES string of the molecule is Cc1ccc(OCC(=O)O[C@H](C)C(=O)NCc2ccc3c(c2)OCO3)cc1C. The zero-order chi connectivity index (χ0) is 20.1. The molecule has 0 spiro atoms. The van der Waals surface area contributed by atoms with E-state index in [0.29, 0.717) is 17.2 Å². The average Bonchev–Trinajstić information content (AvgIpc) is 3.14. The molecule has 0 aromatic heterocycles. The minimum atomic E-state index is -0.926. The van der Waals surface area contributed by atoms with Gasteiger partial charge in [0.15, 0.2) is 24.2 Å². The number of carbonyl (C=O) groups is 2. The van der Waals surface area contributed by atoms with Gasteiger partial charge in [0.05, 0.1) is 0 Å². The molecule has 2 aromatic carbocycles. The number of fused-ring (bicyclic) bond motifs is 1. The highest BCUT2D eigenvalue weighted by molar-refractivity contribution is 5.83. The molecule has 1 heterocycles. The number of esters is 1. The van der Waals surface area contributed by atoms with Crippen molar-refractivity contribution in [2.75, 3.05) is 13.4 Å². The zero-order valence-corrected chi connectivity index (χ0v) is 16.1. The number of hydrogen-bond acceptors (Lipinski definition) is 6. The van der Waals surface area contributed by atoms with Gasteiger partial charge in [-0.25, -0.2) is 4.79 Å². The Morgan fingerprint density at radius 2 is 1.86 bits per heavy atom. The van der Waals surface area contributed by atoms with E-state index < -0.39 is 18.0 Å². The molecule has 0 unspecified atom stereocenters. The molecule has 0 fully saturated rings. The second kappa shape index (κ2) is 8.65. The topological polar surface area (TPSA) is 83.1 Å². The Hall–Kier alpha value is -3.22. The average molecular weight is 385 g/mol. The van der Waals surface area contributed by atoms with E-state index in [1.54, 1.807) is 18.2 Å². The van der Waals surface area contributed by atoms with Crippen LogP contribution in [0.4, 0.5) is 0 Å². The van der Waals surface area contributed by atoms with Crippen molar-refractivity contribution in [2.24, 2.45) is 0 Å². The van der Waals surface area contributed by atoms with Crippen LogP contribution in [0.3, 0.4) is 0 Å². The quantitative estimate of drug-likeness (QED) is 0.738. The van der Waals surface area contributed by atoms with Crippen molar-refractivity contribution in [2.45, 2.75) is 33.4 Å². The van der Waals surface area contributed by atoms with Crippen LogP contribution in [-0.2, 0) is 20.9 Å². The van der Waals surface area contributed by atoms with Gasteiger partial charge in [0.2, 0.25) is 6.79 Å². The molecule has 1 N–H and O–H groups in total. The summed E-state index contributed by atoms with van der Waals surface area (Å²) >= 11 is 0. The molecule has 7 heteroatoms. The van der Waals surface area contributed by atoms with E-state index in [0.717, 1.165) is 16.7 Å². The van der Waals surface area contributed by atoms with Crippen LogP contribution in [0.5, 0.6) is 17.2 Å². The third-order valence-corrected chi connectivity index (χ3v) is 4.42. The van der Waals surface area contributed by atoms with Gasteiger partial charge in [0, 0.05) is 6.54 Å². The predicted octanol–water partition coefficient (Wildman–Crippen LogP) is 2.66. The summed E-state index contributed by atoms with van der Waals surface area (Å²) in [7, 11) is 0. The van der Waals surface area contributed by atoms with Crippen molar-refractivity contribution in [3.05, 3.63) is 53.1 Å². The molecule has 1 aliphatic heterocycles. The highest BCUT2D eigenvalue weighted by Crippen LogP contribution is 2.32. The number of rotatable bonds is 7. The number of ether oxygens (including phenoxy) is 4. The van der Waals surface area contributed by atoms with E-state index in [2.05, 4.69) is 5.32 Å². The number of nitrogens with one attached hydrogen (secondary N) is 1. The van der Waals surface area contributed by atoms with Gasteiger partial charge in [0.1, 0.15) is 5.75 Å². The Balaban J connectivity index is 1.43. The van der Waals surface area contributed by atoms with Crippen LogP contribution >= 0.6 is 0 Å². The Labute approximate surface area is 163 Å². The molecule has 3 rings (SSSR count). The molecule has 0 saturated heterocycles. The lowest BCUT2D eigenvalue weighted by Crippen LogP contribution is -2.36. The third kappa shape index (κ3) is 4.94. The number of hydrogen-bond donors (Lipinski definition) is 1. The summed E-state index contributed by atoms with van der Waals surface area (Å²) in [4.78, 5) is 24.1. The molecular formula is C21H23NO6. The molecule has 7 nitrogen and oxygen atoms in total. The minimum Gasteiger partial charge on any atom is -0.482 e. The first-order valence-electron chi connectivity index (χ1n) is 8.98. The first-order chi connectivity index (χ1) is 13.4. The second-order valence-corrected chi connectivity index (χ2v) is 6.57. The monoisotopic (exact) mass is 385 g/mol. The zero-order valence-electron chi connectivity index (χ0n) is 16.1. The standard InChI is InChI=1S/C21H23NO6/c1-13-4-6-17(8-14(13)2)25-11-20(23)28-15(3)21(24)22-10-16-5-7-18-19(9-16)27-12-26-18/h4-9,15H,10-12H2,1-3H3,(H,22,24)/t15-/m1/s1. The van der Waals surface area contributed by atoms with Crippen LogP contribution in [0.15, 0.2) is 36.4 Å². The first kappa shape index (κ1) is 19.5. The van der Waals surface area contributed by atoms with Gasteiger partial charge in [-0.3, -0.25) is 4.79 Å². The van der Waals surface area contributed by atoms with E-state index in [4.69, 9.17) is 18.9 Å². The van der Waals surface area contributed by atoms with Crippen LogP contribution in [-0.4, -0.2) is 31.4 Å². The number of carbonyl (C=O) groups excluding carboxylic acids is 2. The Morgan fingerprint density at radius 3 is 2.64 bits per heavy atom. The van der Waals surface area contributed by atoms with E-state index in [1.165, 1.54) is 6.92 Å². The van der Waals surface area contributed by atoms with E-state index >= 15 is 0 Å². The van der Waals surface area contributed by atoms with Gasteiger partial charge < -0.3 is 24.3 Å². The predicted molar refractivity (Wildman–Crippen MR) is 101 cm³/mol. The maximum atomic E-state index is 12.2. The summed E-state index contributed by atoms with van der Waals surface area (Å²) in [6, 6.07) is 11.0. The van der Waals surface area contributed by atoms with Gasteiger partial charge in [-0.05, 0) is 61.7 Å². The van der Waals surface area contributed by atoms with Crippen LogP contribution in [0.2, 0.25) is 0 Å². The fraction of sp³-hybridized carbons (Fsp3) is 0.333. The normalized spacial score (nSPS) is 13.0. The summed E-state index contributed by atoms with van der Waals surface area (Å²) in [5, 5.41) is 2.73. The van der Waals surface area contributed by atoms with Gasteiger partial charge >= 0.3 is 5.97 Å². The first-order valence-corrected chi connectivity index (χ1v) is 8.98. The molecular weight excluding hydrogens is 362 g/mol. The van der Waals surface area contributed by atoms with Crippen LogP contribution in [0.25, 0.3) is 0 Å². The largest absolute Gasteiger partial charge is 0.482 e. The fourth-order valence-corrected chi connectivity index (χ4v) is 2.61. The summed E-state index contributed by atoms with van der Waals surface area (Å²) in [6.07, 6.45) is -0.926. The molecule has 2 aromatic rings. The van der Waals surface area contributed by atoms with Crippen LogP contribution in [0.1, 0.15) is 23.6 Å². The van der Waals surface area contributed by atoms with Crippen molar-refractivity contribution < 1.29 is 28.5 Å². The molecule has 148 valence electrons. The number of amides is 1. The lowest BCUT2D eigenvalue weighted by atomic mass is 10.1. The molecule has 0 bridgehead atoms. The maximum Gasteiger partial charge on any atom is 0.344 e. The summed E-state index contributed by atoms with van der Waals surface area (Å²) in [6.45, 7) is 5.70. The number of aryl methyl sites for hydroxylation is 2. The number of benzene rings is 2. The highest BCUT2D eigenvalue weighted by atomic mass is 16.7. The van der Waals surface area contributed by atoms with Gasteiger partial charge in [-0.15, -0.1) is 0 Å². The Kier molecular flexibility index (Phi) is 6.03. The Morgan fingerprint density at radius 1 is 1.07 bits per heavy atom. The van der Waals surface area contributed by atoms with E-state index in [9.17, 15) is 9.59 Å². The van der Waals surface area contributed by atoms with E-state index in [-0.39, 0.29) is 19.9 Å². The molecule has 28 heavy (non-hydrogen) atoms. The maximum absolute atomic E-state index is 12.2. The molecule has 1 amide bonds. The van der Waals surface area contributed by atoms with Gasteiger partial charge in [0.25, 0.3) is 5.91 Å².